The molecule has 0 N–H and O–H groups in total. The predicted octanol–water partition coefficient (Wildman–Crippen LogP) is 9.89. The largest absolute Gasteiger partial charge is 0.145 e. The molecule has 10 heteroatoms. The Labute approximate surface area is 237 Å². The van der Waals surface area contributed by atoms with Gasteiger partial charge in [-0.1, -0.05) is 43.3 Å². The second-order valence-electron chi connectivity index (χ2n) is 8.42. The van der Waals surface area contributed by atoms with Crippen molar-refractivity contribution in [1.82, 2.24) is 0 Å². The van der Waals surface area contributed by atoms with Gasteiger partial charge >= 0.3 is 0 Å². The Bertz CT molecular complexity index is 1120. The normalized spacial score (nSPS) is 18.5. The second kappa shape index (κ2) is 12.7. The summed E-state index contributed by atoms with van der Waals surface area (Å²) >= 11 is 12.0. The minimum atomic E-state index is 0.478. The molecule has 36 heavy (non-hydrogen) atoms. The SMILES string of the molecule is CC1C=C2SC(C3SC(SCCc4ccc(N=O)cc4)=C(SCCc4ccc(N=O)cc4)S3)SC2=C1. The predicted molar refractivity (Wildman–Crippen MR) is 166 cm³/mol. The van der Waals surface area contributed by atoms with Crippen molar-refractivity contribution in [2.75, 3.05) is 11.5 Å². The van der Waals surface area contributed by atoms with Crippen LogP contribution in [0.25, 0.3) is 0 Å². The number of hydrogen-bond acceptors (Lipinski definition) is 10. The molecule has 0 saturated carbocycles. The van der Waals surface area contributed by atoms with Gasteiger partial charge in [-0.3, -0.25) is 0 Å². The summed E-state index contributed by atoms with van der Waals surface area (Å²) in [6, 6.07) is 15.2. The van der Waals surface area contributed by atoms with Crippen LogP contribution in [0.3, 0.4) is 0 Å². The van der Waals surface area contributed by atoms with Crippen LogP contribution in [0.1, 0.15) is 18.1 Å². The maximum absolute atomic E-state index is 10.7. The van der Waals surface area contributed by atoms with Gasteiger partial charge in [0.1, 0.15) is 11.4 Å². The van der Waals surface area contributed by atoms with Gasteiger partial charge in [0.2, 0.25) is 0 Å². The molecule has 0 radical (unpaired) electrons. The average molecular weight is 589 g/mol. The van der Waals surface area contributed by atoms with Crippen molar-refractivity contribution in [2.24, 2.45) is 16.3 Å². The van der Waals surface area contributed by atoms with Gasteiger partial charge in [0.15, 0.2) is 0 Å². The molecular weight excluding hydrogens is 565 g/mol. The lowest BCUT2D eigenvalue weighted by atomic mass is 10.2. The summed E-state index contributed by atoms with van der Waals surface area (Å²) < 4.78 is 3.92. The van der Waals surface area contributed by atoms with Crippen LogP contribution in [0.4, 0.5) is 11.4 Å². The summed E-state index contributed by atoms with van der Waals surface area (Å²) in [6.45, 7) is 2.25. The summed E-state index contributed by atoms with van der Waals surface area (Å²) in [5.74, 6) is 2.57. The van der Waals surface area contributed by atoms with Crippen molar-refractivity contribution >= 4 is 81.9 Å². The van der Waals surface area contributed by atoms with Crippen molar-refractivity contribution in [1.29, 1.82) is 0 Å². The van der Waals surface area contributed by atoms with Gasteiger partial charge in [-0.2, -0.15) is 0 Å². The summed E-state index contributed by atoms with van der Waals surface area (Å²) in [4.78, 5) is 24.3. The van der Waals surface area contributed by atoms with Gasteiger partial charge < -0.3 is 0 Å². The van der Waals surface area contributed by atoms with Crippen LogP contribution < -0.4 is 0 Å². The molecule has 0 bridgehead atoms. The maximum Gasteiger partial charge on any atom is 0.108 e. The molecule has 2 heterocycles. The zero-order valence-corrected chi connectivity index (χ0v) is 24.4. The van der Waals surface area contributed by atoms with Crippen LogP contribution in [0.5, 0.6) is 0 Å². The van der Waals surface area contributed by atoms with E-state index in [4.69, 9.17) is 0 Å². The third kappa shape index (κ3) is 6.69. The van der Waals surface area contributed by atoms with E-state index in [2.05, 4.69) is 29.4 Å². The first kappa shape index (κ1) is 26.6. The topological polar surface area (TPSA) is 58.9 Å². The van der Waals surface area contributed by atoms with Crippen LogP contribution in [-0.2, 0) is 12.8 Å². The number of hydrogen-bond donors (Lipinski definition) is 0. The van der Waals surface area contributed by atoms with Crippen LogP contribution in [0.15, 0.2) is 89.3 Å². The molecule has 2 aromatic rings. The van der Waals surface area contributed by atoms with Crippen LogP contribution in [0, 0.1) is 15.7 Å². The zero-order valence-electron chi connectivity index (χ0n) is 19.5. The lowest BCUT2D eigenvalue weighted by molar-refractivity contribution is 0.957. The standard InChI is InChI=1S/C26H24N2O2S6/c1-16-14-21-22(15-16)34-25(33-21)26-35-23(31-12-10-17-2-6-19(27-29)7-3-17)24(36-26)32-13-11-18-4-8-20(28-30)9-5-18/h2-9,14-16,25-26H,10-13H2,1H3. The zero-order chi connectivity index (χ0) is 24.9. The van der Waals surface area contributed by atoms with E-state index in [9.17, 15) is 9.81 Å². The van der Waals surface area contributed by atoms with Gasteiger partial charge in [-0.05, 0) is 64.5 Å². The van der Waals surface area contributed by atoms with Crippen molar-refractivity contribution in [3.63, 3.8) is 0 Å². The first-order valence-corrected chi connectivity index (χ1v) is 17.1. The number of fused-ring (bicyclic) bond motifs is 1. The monoisotopic (exact) mass is 588 g/mol. The minimum absolute atomic E-state index is 0.478. The van der Waals surface area contributed by atoms with Gasteiger partial charge in [0.05, 0.1) is 17.6 Å². The Morgan fingerprint density at radius 3 is 1.50 bits per heavy atom. The van der Waals surface area contributed by atoms with Crippen LogP contribution in [-0.4, -0.2) is 20.7 Å². The highest BCUT2D eigenvalue weighted by molar-refractivity contribution is 8.39. The third-order valence-electron chi connectivity index (χ3n) is 5.72. The van der Waals surface area contributed by atoms with Crippen molar-refractivity contribution < 1.29 is 0 Å². The van der Waals surface area contributed by atoms with E-state index in [1.54, 1.807) is 24.3 Å². The van der Waals surface area contributed by atoms with E-state index in [1.807, 2.05) is 94.8 Å². The molecule has 1 fully saturated rings. The highest BCUT2D eigenvalue weighted by atomic mass is 32.3. The fourth-order valence-electron chi connectivity index (χ4n) is 3.87. The highest BCUT2D eigenvalue weighted by Crippen LogP contribution is 2.64. The van der Waals surface area contributed by atoms with Gasteiger partial charge in [0.25, 0.3) is 0 Å². The lowest BCUT2D eigenvalue weighted by Crippen LogP contribution is -2.07. The molecule has 3 aliphatic rings. The summed E-state index contributed by atoms with van der Waals surface area (Å²) in [5, 5.41) is 5.99. The fraction of sp³-hybridized carbons (Fsp3) is 0.308. The Balaban J connectivity index is 1.20. The first-order chi connectivity index (χ1) is 17.6. The number of rotatable bonds is 11. The van der Waals surface area contributed by atoms with Crippen LogP contribution >= 0.6 is 70.6 Å². The number of benzene rings is 2. The average Bonchev–Trinajstić information content (AvgIpc) is 3.58. The summed E-state index contributed by atoms with van der Waals surface area (Å²) in [7, 11) is 0. The van der Waals surface area contributed by atoms with Crippen molar-refractivity contribution in [3.8, 4) is 0 Å². The molecule has 2 aromatic carbocycles. The maximum atomic E-state index is 10.7. The molecule has 1 saturated heterocycles. The summed E-state index contributed by atoms with van der Waals surface area (Å²) in [5.41, 5.74) is 3.42. The number of nitroso groups, excluding NO2 is 2. The Hall–Kier alpha value is -1.04. The van der Waals surface area contributed by atoms with E-state index in [-0.39, 0.29) is 0 Å². The molecule has 186 valence electrons. The number of aryl methyl sites for hydroxylation is 2. The van der Waals surface area contributed by atoms with E-state index in [1.165, 1.54) is 29.4 Å². The van der Waals surface area contributed by atoms with E-state index in [0.717, 1.165) is 24.3 Å². The van der Waals surface area contributed by atoms with Crippen molar-refractivity contribution in [3.05, 3.63) is 99.9 Å². The second-order valence-corrected chi connectivity index (χ2v) is 16.4. The molecule has 2 aliphatic heterocycles. The molecule has 0 aromatic heterocycles. The van der Waals surface area contributed by atoms with E-state index >= 15 is 0 Å². The highest BCUT2D eigenvalue weighted by Gasteiger charge is 2.39. The minimum Gasteiger partial charge on any atom is -0.145 e. The van der Waals surface area contributed by atoms with Gasteiger partial charge in [-0.25, -0.2) is 0 Å². The molecule has 4 nitrogen and oxygen atoms in total. The van der Waals surface area contributed by atoms with E-state index in [0.29, 0.717) is 26.5 Å². The van der Waals surface area contributed by atoms with Gasteiger partial charge in [0, 0.05) is 21.3 Å². The van der Waals surface area contributed by atoms with E-state index < -0.39 is 0 Å². The first-order valence-electron chi connectivity index (χ1n) is 11.6. The molecule has 0 amide bonds. The Kier molecular flexibility index (Phi) is 9.35. The Morgan fingerprint density at radius 2 is 1.08 bits per heavy atom. The molecule has 0 atom stereocenters. The number of thioether (sulfide) groups is 6. The lowest BCUT2D eigenvalue weighted by Gasteiger charge is -2.15. The third-order valence-corrected chi connectivity index (χ3v) is 15.3. The fourth-order valence-corrected chi connectivity index (χ4v) is 14.2. The molecular formula is C26H24N2O2S6. The molecule has 5 rings (SSSR count). The Morgan fingerprint density at radius 1 is 0.667 bits per heavy atom. The molecule has 0 unspecified atom stereocenters. The quantitative estimate of drug-likeness (QED) is 0.240. The smallest absolute Gasteiger partial charge is 0.108 e. The number of allylic oxidation sites excluding steroid dienone is 2. The number of nitrogens with zero attached hydrogens (tertiary/aromatic N) is 2. The summed E-state index contributed by atoms with van der Waals surface area (Å²) in [6.07, 6.45) is 6.71. The van der Waals surface area contributed by atoms with Crippen molar-refractivity contribution in [2.45, 2.75) is 28.9 Å². The molecule has 1 aliphatic carbocycles. The van der Waals surface area contributed by atoms with Gasteiger partial charge in [-0.15, -0.1) is 80.4 Å². The molecule has 0 spiro atoms. The van der Waals surface area contributed by atoms with Crippen LogP contribution in [0.2, 0.25) is 0 Å².